The number of rotatable bonds is 13. The van der Waals surface area contributed by atoms with Crippen molar-refractivity contribution in [3.63, 3.8) is 0 Å². The van der Waals surface area contributed by atoms with E-state index in [4.69, 9.17) is 18.9 Å². The van der Waals surface area contributed by atoms with E-state index >= 15 is 0 Å². The molecule has 2 rings (SSSR count). The maximum absolute atomic E-state index is 11.9. The molecule has 0 saturated carbocycles. The molecule has 0 fully saturated rings. The maximum Gasteiger partial charge on any atom is 0.344 e. The van der Waals surface area contributed by atoms with E-state index in [-0.39, 0.29) is 36.9 Å². The Labute approximate surface area is 184 Å². The van der Waals surface area contributed by atoms with Gasteiger partial charge < -0.3 is 18.9 Å². The summed E-state index contributed by atoms with van der Waals surface area (Å²) in [5.74, 6) is 0.112. The van der Waals surface area contributed by atoms with Gasteiger partial charge in [0.1, 0.15) is 11.9 Å². The molecule has 0 saturated heterocycles. The van der Waals surface area contributed by atoms with Crippen molar-refractivity contribution in [1.29, 1.82) is 0 Å². The van der Waals surface area contributed by atoms with Gasteiger partial charge in [0.05, 0.1) is 19.8 Å². The van der Waals surface area contributed by atoms with Crippen LogP contribution in [0.5, 0.6) is 5.75 Å². The summed E-state index contributed by atoms with van der Waals surface area (Å²) in [4.78, 5) is 23.9. The number of hydrogen-bond donors (Lipinski definition) is 0. The lowest BCUT2D eigenvalue weighted by molar-refractivity contribution is -0.148. The second kappa shape index (κ2) is 12.9. The number of benzene rings is 2. The van der Waals surface area contributed by atoms with Crippen molar-refractivity contribution in [2.45, 2.75) is 26.9 Å². The van der Waals surface area contributed by atoms with E-state index in [2.05, 4.69) is 0 Å². The van der Waals surface area contributed by atoms with E-state index in [1.54, 1.807) is 31.4 Å². The third-order valence-electron chi connectivity index (χ3n) is 4.68. The van der Waals surface area contributed by atoms with Gasteiger partial charge in [-0.05, 0) is 29.8 Å². The van der Waals surface area contributed by atoms with Gasteiger partial charge >= 0.3 is 5.97 Å². The van der Waals surface area contributed by atoms with Crippen LogP contribution in [-0.4, -0.2) is 45.3 Å². The van der Waals surface area contributed by atoms with Crippen LogP contribution in [0, 0.1) is 11.8 Å². The minimum atomic E-state index is -0.451. The van der Waals surface area contributed by atoms with Crippen molar-refractivity contribution in [1.82, 2.24) is 0 Å². The van der Waals surface area contributed by atoms with Gasteiger partial charge in [-0.15, -0.1) is 0 Å². The highest BCUT2D eigenvalue weighted by Crippen LogP contribution is 2.17. The number of Topliss-reactive ketones (excluding diaryl/α,β-unsaturated/α-hetero) is 1. The van der Waals surface area contributed by atoms with E-state index < -0.39 is 5.97 Å². The lowest BCUT2D eigenvalue weighted by Gasteiger charge is -2.18. The number of methoxy groups -OCH3 is 1. The summed E-state index contributed by atoms with van der Waals surface area (Å²) < 4.78 is 21.9. The van der Waals surface area contributed by atoms with Crippen molar-refractivity contribution in [3.05, 3.63) is 65.7 Å². The highest BCUT2D eigenvalue weighted by Gasteiger charge is 2.13. The number of carbonyl (C=O) groups excluding carboxylic acids is 2. The highest BCUT2D eigenvalue weighted by molar-refractivity contribution is 5.97. The van der Waals surface area contributed by atoms with Gasteiger partial charge in [-0.2, -0.15) is 0 Å². The Hall–Kier alpha value is -2.70. The van der Waals surface area contributed by atoms with Gasteiger partial charge in [0.15, 0.2) is 12.4 Å². The summed E-state index contributed by atoms with van der Waals surface area (Å²) in [7, 11) is 1.65. The highest BCUT2D eigenvalue weighted by atomic mass is 16.6. The number of ether oxygens (including phenoxy) is 4. The fraction of sp³-hybridized carbons (Fsp3) is 0.440. The summed E-state index contributed by atoms with van der Waals surface area (Å²) in [6.45, 7) is 6.59. The molecule has 6 heteroatoms. The molecule has 168 valence electrons. The molecule has 0 heterocycles. The van der Waals surface area contributed by atoms with Gasteiger partial charge in [0.2, 0.25) is 0 Å². The van der Waals surface area contributed by atoms with Gasteiger partial charge in [-0.1, -0.05) is 51.1 Å². The maximum atomic E-state index is 11.9. The molecule has 0 radical (unpaired) electrons. The van der Waals surface area contributed by atoms with Crippen molar-refractivity contribution in [3.8, 4) is 5.75 Å². The van der Waals surface area contributed by atoms with Gasteiger partial charge in [0.25, 0.3) is 0 Å². The third-order valence-corrected chi connectivity index (χ3v) is 4.68. The number of esters is 1. The summed E-state index contributed by atoms with van der Waals surface area (Å²) in [6.07, 6.45) is -0.133. The first-order valence-electron chi connectivity index (χ1n) is 10.5. The van der Waals surface area contributed by atoms with Crippen LogP contribution in [-0.2, 0) is 19.0 Å². The van der Waals surface area contributed by atoms with Crippen LogP contribution in [0.4, 0.5) is 0 Å². The summed E-state index contributed by atoms with van der Waals surface area (Å²) in [5.41, 5.74) is 1.68. The number of ketones is 1. The van der Waals surface area contributed by atoms with Gasteiger partial charge in [-0.3, -0.25) is 4.79 Å². The number of hydrogen-bond acceptors (Lipinski definition) is 6. The molecular formula is C25H32O6. The monoisotopic (exact) mass is 428 g/mol. The largest absolute Gasteiger partial charge is 0.482 e. The van der Waals surface area contributed by atoms with E-state index in [1.165, 1.54) is 0 Å². The topological polar surface area (TPSA) is 71.1 Å². The molecule has 2 aromatic rings. The van der Waals surface area contributed by atoms with E-state index in [1.807, 2.05) is 51.1 Å². The molecule has 0 N–H and O–H groups in total. The zero-order valence-electron chi connectivity index (χ0n) is 18.7. The normalized spacial score (nSPS) is 12.9. The van der Waals surface area contributed by atoms with Crippen LogP contribution >= 0.6 is 0 Å². The Morgan fingerprint density at radius 3 is 2.16 bits per heavy atom. The van der Waals surface area contributed by atoms with Crippen molar-refractivity contribution in [2.75, 3.05) is 33.5 Å². The summed E-state index contributed by atoms with van der Waals surface area (Å²) in [5, 5.41) is 0. The lowest BCUT2D eigenvalue weighted by Crippen LogP contribution is -2.21. The van der Waals surface area contributed by atoms with Crippen LogP contribution in [0.1, 0.15) is 42.8 Å². The molecule has 6 nitrogen and oxygen atoms in total. The fourth-order valence-electron chi connectivity index (χ4n) is 2.86. The standard InChI is InChI=1S/C25H32O6/c1-18(2)25(27)21-10-12-22(13-11-21)30-17-24(26)31-15-19(3)14-29-16-23(28-4)20-8-6-5-7-9-20/h5-13,18-19,23H,14-17H2,1-4H3. The van der Waals surface area contributed by atoms with Crippen LogP contribution < -0.4 is 4.74 Å². The smallest absolute Gasteiger partial charge is 0.344 e. The Bertz CT molecular complexity index is 801. The molecule has 0 bridgehead atoms. The molecular weight excluding hydrogens is 396 g/mol. The first-order valence-corrected chi connectivity index (χ1v) is 10.5. The van der Waals surface area contributed by atoms with Crippen LogP contribution in [0.15, 0.2) is 54.6 Å². The fourth-order valence-corrected chi connectivity index (χ4v) is 2.86. The molecule has 0 aliphatic heterocycles. The molecule has 0 aliphatic carbocycles. The summed E-state index contributed by atoms with van der Waals surface area (Å²) in [6, 6.07) is 16.6. The van der Waals surface area contributed by atoms with Crippen LogP contribution in [0.3, 0.4) is 0 Å². The molecule has 0 aliphatic rings. The Balaban J connectivity index is 1.65. The van der Waals surface area contributed by atoms with Crippen LogP contribution in [0.2, 0.25) is 0 Å². The van der Waals surface area contributed by atoms with E-state index in [9.17, 15) is 9.59 Å². The molecule has 31 heavy (non-hydrogen) atoms. The lowest BCUT2D eigenvalue weighted by atomic mass is 10.0. The molecule has 2 unspecified atom stereocenters. The predicted octanol–water partition coefficient (Wildman–Crippen LogP) is 4.49. The second-order valence-electron chi connectivity index (χ2n) is 7.79. The van der Waals surface area contributed by atoms with Crippen molar-refractivity contribution >= 4 is 11.8 Å². The summed E-state index contributed by atoms with van der Waals surface area (Å²) >= 11 is 0. The predicted molar refractivity (Wildman–Crippen MR) is 118 cm³/mol. The average Bonchev–Trinajstić information content (AvgIpc) is 2.79. The minimum absolute atomic E-state index is 0.0403. The van der Waals surface area contributed by atoms with E-state index in [0.717, 1.165) is 5.56 Å². The third kappa shape index (κ3) is 8.52. The molecule has 2 aromatic carbocycles. The first-order chi connectivity index (χ1) is 14.9. The van der Waals surface area contributed by atoms with E-state index in [0.29, 0.717) is 24.5 Å². The van der Waals surface area contributed by atoms with Gasteiger partial charge in [-0.25, -0.2) is 4.79 Å². The zero-order valence-corrected chi connectivity index (χ0v) is 18.7. The SMILES string of the molecule is COC(COCC(C)COC(=O)COc1ccc(C(=O)C(C)C)cc1)c1ccccc1. The molecule has 0 spiro atoms. The van der Waals surface area contributed by atoms with Crippen molar-refractivity contribution in [2.24, 2.45) is 11.8 Å². The van der Waals surface area contributed by atoms with Crippen molar-refractivity contribution < 1.29 is 28.5 Å². The quantitative estimate of drug-likeness (QED) is 0.346. The average molecular weight is 429 g/mol. The Kier molecular flexibility index (Phi) is 10.2. The number of carbonyl (C=O) groups is 2. The first kappa shape index (κ1) is 24.6. The van der Waals surface area contributed by atoms with Gasteiger partial charge in [0, 0.05) is 24.5 Å². The Morgan fingerprint density at radius 1 is 0.871 bits per heavy atom. The van der Waals surface area contributed by atoms with Crippen LogP contribution in [0.25, 0.3) is 0 Å². The Morgan fingerprint density at radius 2 is 1.55 bits per heavy atom. The molecule has 0 aromatic heterocycles. The zero-order chi connectivity index (χ0) is 22.6. The molecule has 0 amide bonds. The molecule has 2 atom stereocenters. The minimum Gasteiger partial charge on any atom is -0.482 e. The second-order valence-corrected chi connectivity index (χ2v) is 7.79.